The number of methoxy groups -OCH3 is 1. The van der Waals surface area contributed by atoms with Crippen LogP contribution in [0, 0.1) is 11.6 Å². The molecule has 1 aromatic heterocycles. The maximum absolute atomic E-state index is 13.6. The van der Waals surface area contributed by atoms with E-state index in [4.69, 9.17) is 9.26 Å². The lowest BCUT2D eigenvalue weighted by molar-refractivity contribution is 0.0948. The van der Waals surface area contributed by atoms with Crippen molar-refractivity contribution in [3.05, 3.63) is 59.5 Å². The number of benzene rings is 2. The molecule has 7 nitrogen and oxygen atoms in total. The summed E-state index contributed by atoms with van der Waals surface area (Å²) in [5, 5.41) is 16.2. The number of aromatic nitrogens is 2. The molecular formula is C21H21F2N3O4. The Morgan fingerprint density at radius 1 is 1.20 bits per heavy atom. The van der Waals surface area contributed by atoms with Gasteiger partial charge in [0.05, 0.1) is 12.7 Å². The molecule has 0 fully saturated rings. The fraction of sp³-hybridized carbons (Fsp3) is 0.286. The molecule has 3 rings (SSSR count). The largest absolute Gasteiger partial charge is 0.504 e. The zero-order valence-corrected chi connectivity index (χ0v) is 16.3. The fourth-order valence-electron chi connectivity index (χ4n) is 2.84. The van der Waals surface area contributed by atoms with Gasteiger partial charge in [0.1, 0.15) is 0 Å². The summed E-state index contributed by atoms with van der Waals surface area (Å²) in [6.45, 7) is 0.344. The number of ether oxygens (including phenoxy) is 1. The molecule has 1 heterocycles. The van der Waals surface area contributed by atoms with Gasteiger partial charge in [-0.25, -0.2) is 8.78 Å². The van der Waals surface area contributed by atoms with E-state index in [1.54, 1.807) is 12.1 Å². The zero-order chi connectivity index (χ0) is 21.5. The molecule has 158 valence electrons. The highest BCUT2D eigenvalue weighted by atomic mass is 19.2. The third kappa shape index (κ3) is 5.11. The van der Waals surface area contributed by atoms with Crippen LogP contribution in [-0.4, -0.2) is 34.8 Å². The number of hydrogen-bond acceptors (Lipinski definition) is 6. The molecule has 1 amide bonds. The molecule has 0 spiro atoms. The number of carbonyl (C=O) groups is 1. The average molecular weight is 417 g/mol. The number of hydrogen-bond donors (Lipinski definition) is 2. The molecule has 0 aliphatic heterocycles. The molecular weight excluding hydrogens is 396 g/mol. The number of aryl methyl sites for hydroxylation is 1. The Labute approximate surface area is 171 Å². The molecule has 2 aromatic carbocycles. The van der Waals surface area contributed by atoms with Crippen molar-refractivity contribution >= 4 is 5.91 Å². The summed E-state index contributed by atoms with van der Waals surface area (Å²) in [6, 6.07) is 8.27. The van der Waals surface area contributed by atoms with E-state index < -0.39 is 17.5 Å². The van der Waals surface area contributed by atoms with Gasteiger partial charge in [-0.3, -0.25) is 4.79 Å². The number of amides is 1. The minimum atomic E-state index is -1.14. The standard InChI is InChI=1S/C21H21F2N3O4/c1-29-17-12-13(9-10-16(17)27)20-25-18(30-26-20)8-3-2-4-11-24-21(28)14-6-5-7-15(22)19(14)23/h5-7,9-10,12,27H,2-4,8,11H2,1H3,(H,24,28). The van der Waals surface area contributed by atoms with Crippen LogP contribution >= 0.6 is 0 Å². The normalized spacial score (nSPS) is 10.8. The highest BCUT2D eigenvalue weighted by Crippen LogP contribution is 2.30. The molecule has 0 bridgehead atoms. The number of phenolic OH excluding ortho intramolecular Hbond substituents is 1. The van der Waals surface area contributed by atoms with Crippen LogP contribution in [0.2, 0.25) is 0 Å². The van der Waals surface area contributed by atoms with Crippen LogP contribution in [0.25, 0.3) is 11.4 Å². The highest BCUT2D eigenvalue weighted by Gasteiger charge is 2.14. The number of phenols is 1. The first-order valence-corrected chi connectivity index (χ1v) is 9.41. The van der Waals surface area contributed by atoms with E-state index >= 15 is 0 Å². The van der Waals surface area contributed by atoms with E-state index in [9.17, 15) is 18.7 Å². The first-order valence-electron chi connectivity index (χ1n) is 9.41. The summed E-state index contributed by atoms with van der Waals surface area (Å²) in [7, 11) is 1.46. The third-order valence-corrected chi connectivity index (χ3v) is 4.46. The van der Waals surface area contributed by atoms with E-state index in [0.29, 0.717) is 42.4 Å². The van der Waals surface area contributed by atoms with Crippen molar-refractivity contribution in [1.29, 1.82) is 0 Å². The van der Waals surface area contributed by atoms with Crippen LogP contribution in [0.5, 0.6) is 11.5 Å². The number of unbranched alkanes of at least 4 members (excludes halogenated alkanes) is 2. The molecule has 0 aliphatic carbocycles. The van der Waals surface area contributed by atoms with Crippen molar-refractivity contribution in [3.8, 4) is 22.9 Å². The second-order valence-corrected chi connectivity index (χ2v) is 6.57. The average Bonchev–Trinajstić information content (AvgIpc) is 3.21. The van der Waals surface area contributed by atoms with Gasteiger partial charge in [0.25, 0.3) is 5.91 Å². The lowest BCUT2D eigenvalue weighted by Gasteiger charge is -2.06. The first-order chi connectivity index (χ1) is 14.5. The van der Waals surface area contributed by atoms with E-state index in [0.717, 1.165) is 18.9 Å². The van der Waals surface area contributed by atoms with Gasteiger partial charge < -0.3 is 19.7 Å². The number of nitrogens with zero attached hydrogens (tertiary/aromatic N) is 2. The molecule has 2 N–H and O–H groups in total. The second-order valence-electron chi connectivity index (χ2n) is 6.57. The van der Waals surface area contributed by atoms with E-state index in [2.05, 4.69) is 15.5 Å². The SMILES string of the molecule is COc1cc(-c2noc(CCCCCNC(=O)c3cccc(F)c3F)n2)ccc1O. The smallest absolute Gasteiger partial charge is 0.254 e. The van der Waals surface area contributed by atoms with Crippen LogP contribution in [0.15, 0.2) is 40.9 Å². The van der Waals surface area contributed by atoms with Crippen LogP contribution in [-0.2, 0) is 6.42 Å². The van der Waals surface area contributed by atoms with Crippen molar-refractivity contribution in [1.82, 2.24) is 15.5 Å². The summed E-state index contributed by atoms with van der Waals surface area (Å²) >= 11 is 0. The molecule has 9 heteroatoms. The van der Waals surface area contributed by atoms with Crippen molar-refractivity contribution in [2.24, 2.45) is 0 Å². The highest BCUT2D eigenvalue weighted by molar-refractivity contribution is 5.94. The Balaban J connectivity index is 1.41. The molecule has 30 heavy (non-hydrogen) atoms. The Morgan fingerprint density at radius 2 is 2.03 bits per heavy atom. The Kier molecular flexibility index (Phi) is 6.95. The van der Waals surface area contributed by atoms with Gasteiger partial charge in [-0.15, -0.1) is 0 Å². The summed E-state index contributed by atoms with van der Waals surface area (Å²) in [6.07, 6.45) is 2.76. The van der Waals surface area contributed by atoms with Crippen molar-refractivity contribution < 1.29 is 27.9 Å². The summed E-state index contributed by atoms with van der Waals surface area (Å²) < 4.78 is 37.0. The predicted octanol–water partition coefficient (Wildman–Crippen LogP) is 3.87. The van der Waals surface area contributed by atoms with Crippen LogP contribution in [0.3, 0.4) is 0 Å². The Morgan fingerprint density at radius 3 is 2.83 bits per heavy atom. The number of halogens is 2. The van der Waals surface area contributed by atoms with Gasteiger partial charge in [-0.2, -0.15) is 4.98 Å². The van der Waals surface area contributed by atoms with Gasteiger partial charge in [-0.05, 0) is 43.2 Å². The first kappa shape index (κ1) is 21.2. The predicted molar refractivity (Wildman–Crippen MR) is 104 cm³/mol. The van der Waals surface area contributed by atoms with Crippen LogP contribution < -0.4 is 10.1 Å². The molecule has 0 aliphatic rings. The van der Waals surface area contributed by atoms with Crippen LogP contribution in [0.1, 0.15) is 35.5 Å². The monoisotopic (exact) mass is 417 g/mol. The maximum Gasteiger partial charge on any atom is 0.254 e. The number of rotatable bonds is 9. The molecule has 3 aromatic rings. The van der Waals surface area contributed by atoms with E-state index in [1.807, 2.05) is 0 Å². The van der Waals surface area contributed by atoms with Gasteiger partial charge in [-0.1, -0.05) is 17.6 Å². The van der Waals surface area contributed by atoms with Gasteiger partial charge in [0, 0.05) is 18.5 Å². The quantitative estimate of drug-likeness (QED) is 0.513. The molecule has 0 unspecified atom stereocenters. The zero-order valence-electron chi connectivity index (χ0n) is 16.3. The van der Waals surface area contributed by atoms with E-state index in [-0.39, 0.29) is 11.3 Å². The van der Waals surface area contributed by atoms with Crippen LogP contribution in [0.4, 0.5) is 8.78 Å². The Hall–Kier alpha value is -3.49. The summed E-state index contributed by atoms with van der Waals surface area (Å²) in [5.74, 6) is -1.62. The minimum absolute atomic E-state index is 0.0252. The topological polar surface area (TPSA) is 97.5 Å². The van der Waals surface area contributed by atoms with Crippen molar-refractivity contribution in [2.75, 3.05) is 13.7 Å². The van der Waals surface area contributed by atoms with Gasteiger partial charge in [0.15, 0.2) is 23.1 Å². The van der Waals surface area contributed by atoms with E-state index in [1.165, 1.54) is 25.3 Å². The second kappa shape index (κ2) is 9.82. The molecule has 0 atom stereocenters. The number of carbonyl (C=O) groups excluding carboxylic acids is 1. The van der Waals surface area contributed by atoms with Crippen molar-refractivity contribution in [2.45, 2.75) is 25.7 Å². The molecule has 0 radical (unpaired) electrons. The summed E-state index contributed by atoms with van der Waals surface area (Å²) in [4.78, 5) is 16.2. The number of nitrogens with one attached hydrogen (secondary N) is 1. The van der Waals surface area contributed by atoms with Gasteiger partial charge in [0.2, 0.25) is 11.7 Å². The lowest BCUT2D eigenvalue weighted by atomic mass is 10.1. The summed E-state index contributed by atoms with van der Waals surface area (Å²) in [5.41, 5.74) is 0.353. The third-order valence-electron chi connectivity index (χ3n) is 4.46. The van der Waals surface area contributed by atoms with Crippen molar-refractivity contribution in [3.63, 3.8) is 0 Å². The molecule has 0 saturated heterocycles. The van der Waals surface area contributed by atoms with Gasteiger partial charge >= 0.3 is 0 Å². The Bertz CT molecular complexity index is 1020. The maximum atomic E-state index is 13.6. The molecule has 0 saturated carbocycles. The fourth-order valence-corrected chi connectivity index (χ4v) is 2.84. The minimum Gasteiger partial charge on any atom is -0.504 e. The number of aromatic hydroxyl groups is 1. The lowest BCUT2D eigenvalue weighted by Crippen LogP contribution is -2.25.